The molecule has 0 atom stereocenters. The molecule has 0 amide bonds. The summed E-state index contributed by atoms with van der Waals surface area (Å²) in [5.41, 5.74) is 2.71. The van der Waals surface area contributed by atoms with E-state index in [0.717, 1.165) is 51.3 Å². The molecule has 26 heavy (non-hydrogen) atoms. The molecule has 1 aliphatic heterocycles. The Morgan fingerprint density at radius 1 is 1.19 bits per heavy atom. The number of nitrogens with zero attached hydrogens (tertiary/aromatic N) is 2. The first kappa shape index (κ1) is 22.7. The van der Waals surface area contributed by atoms with Crippen LogP contribution in [0.1, 0.15) is 37.8 Å². The van der Waals surface area contributed by atoms with Crippen LogP contribution in [0, 0.1) is 5.92 Å². The summed E-state index contributed by atoms with van der Waals surface area (Å²) in [5.74, 6) is 0.902. The van der Waals surface area contributed by atoms with E-state index in [9.17, 15) is 4.79 Å². The van der Waals surface area contributed by atoms with Gasteiger partial charge in [0.15, 0.2) is 5.96 Å². The molecular formula is C20H32IN3O2. The van der Waals surface area contributed by atoms with Gasteiger partial charge in [-0.05, 0) is 43.7 Å². The molecule has 1 aromatic carbocycles. The first-order valence-electron chi connectivity index (χ1n) is 9.38. The highest BCUT2D eigenvalue weighted by Gasteiger charge is 2.27. The number of hydrogen-bond acceptors (Lipinski definition) is 3. The summed E-state index contributed by atoms with van der Waals surface area (Å²) in [6.45, 7) is 7.03. The van der Waals surface area contributed by atoms with Crippen LogP contribution in [-0.4, -0.2) is 50.1 Å². The number of carbonyl (C=O) groups is 1. The van der Waals surface area contributed by atoms with Gasteiger partial charge in [0.2, 0.25) is 0 Å². The fourth-order valence-corrected chi connectivity index (χ4v) is 3.18. The third kappa shape index (κ3) is 6.78. The molecule has 0 saturated carbocycles. The Morgan fingerprint density at radius 3 is 2.35 bits per heavy atom. The van der Waals surface area contributed by atoms with Crippen LogP contribution in [0.15, 0.2) is 29.3 Å². The maximum absolute atomic E-state index is 11.8. The smallest absolute Gasteiger partial charge is 0.309 e. The van der Waals surface area contributed by atoms with Gasteiger partial charge in [0.1, 0.15) is 0 Å². The molecule has 5 nitrogen and oxygen atoms in total. The number of aliphatic imine (C=N–C) groups is 1. The second-order valence-electron chi connectivity index (χ2n) is 6.41. The van der Waals surface area contributed by atoms with Crippen molar-refractivity contribution in [3.05, 3.63) is 35.4 Å². The minimum Gasteiger partial charge on any atom is -0.466 e. The lowest BCUT2D eigenvalue weighted by atomic mass is 9.97. The molecule has 0 aromatic heterocycles. The zero-order valence-electron chi connectivity index (χ0n) is 16.2. The number of halogens is 1. The maximum atomic E-state index is 11.8. The van der Waals surface area contributed by atoms with Crippen molar-refractivity contribution in [3.8, 4) is 0 Å². The summed E-state index contributed by atoms with van der Waals surface area (Å²) in [7, 11) is 1.82. The van der Waals surface area contributed by atoms with Crippen molar-refractivity contribution in [2.24, 2.45) is 10.9 Å². The highest BCUT2D eigenvalue weighted by molar-refractivity contribution is 14.0. The Kier molecular flexibility index (Phi) is 10.6. The maximum Gasteiger partial charge on any atom is 0.309 e. The third-order valence-electron chi connectivity index (χ3n) is 4.75. The Morgan fingerprint density at radius 2 is 1.81 bits per heavy atom. The minimum atomic E-state index is -0.0550. The van der Waals surface area contributed by atoms with Gasteiger partial charge in [-0.1, -0.05) is 31.2 Å². The largest absolute Gasteiger partial charge is 0.466 e. The van der Waals surface area contributed by atoms with E-state index in [1.54, 1.807) is 0 Å². The van der Waals surface area contributed by atoms with Crippen molar-refractivity contribution in [3.63, 3.8) is 0 Å². The third-order valence-corrected chi connectivity index (χ3v) is 4.75. The molecule has 146 valence electrons. The molecule has 1 fully saturated rings. The van der Waals surface area contributed by atoms with E-state index in [1.807, 2.05) is 14.0 Å². The van der Waals surface area contributed by atoms with Crippen LogP contribution in [-0.2, 0) is 22.4 Å². The van der Waals surface area contributed by atoms with Crippen LogP contribution in [0.5, 0.6) is 0 Å². The number of piperidine rings is 1. The number of rotatable bonds is 6. The van der Waals surface area contributed by atoms with E-state index in [0.29, 0.717) is 6.61 Å². The number of ether oxygens (including phenoxy) is 1. The van der Waals surface area contributed by atoms with Gasteiger partial charge < -0.3 is 15.0 Å². The number of hydrogen-bond donors (Lipinski definition) is 1. The molecule has 1 aliphatic rings. The summed E-state index contributed by atoms with van der Waals surface area (Å²) in [5, 5.41) is 3.45. The fraction of sp³-hybridized carbons (Fsp3) is 0.600. The van der Waals surface area contributed by atoms with Gasteiger partial charge in [-0.25, -0.2) is 0 Å². The Labute approximate surface area is 174 Å². The van der Waals surface area contributed by atoms with Crippen LogP contribution in [0.4, 0.5) is 0 Å². The Bertz CT molecular complexity index is 567. The lowest BCUT2D eigenvalue weighted by Gasteiger charge is -2.33. The van der Waals surface area contributed by atoms with Crippen molar-refractivity contribution >= 4 is 35.9 Å². The van der Waals surface area contributed by atoms with Crippen molar-refractivity contribution in [2.45, 2.75) is 39.5 Å². The highest BCUT2D eigenvalue weighted by Crippen LogP contribution is 2.18. The van der Waals surface area contributed by atoms with E-state index in [-0.39, 0.29) is 35.9 Å². The van der Waals surface area contributed by atoms with Gasteiger partial charge in [0.05, 0.1) is 12.5 Å². The zero-order valence-corrected chi connectivity index (χ0v) is 18.5. The number of nitrogens with one attached hydrogen (secondary N) is 1. The van der Waals surface area contributed by atoms with E-state index in [4.69, 9.17) is 4.74 Å². The molecule has 0 bridgehead atoms. The molecule has 1 saturated heterocycles. The van der Waals surface area contributed by atoms with Crippen molar-refractivity contribution in [2.75, 3.05) is 33.3 Å². The average molecular weight is 473 g/mol. The van der Waals surface area contributed by atoms with Crippen LogP contribution in [0.3, 0.4) is 0 Å². The summed E-state index contributed by atoms with van der Waals surface area (Å²) in [6, 6.07) is 8.80. The topological polar surface area (TPSA) is 53.9 Å². The van der Waals surface area contributed by atoms with E-state index >= 15 is 0 Å². The summed E-state index contributed by atoms with van der Waals surface area (Å²) >= 11 is 0. The summed E-state index contributed by atoms with van der Waals surface area (Å²) in [6.07, 6.45) is 3.71. The second kappa shape index (κ2) is 12.1. The Hall–Kier alpha value is -1.31. The molecule has 1 N–H and O–H groups in total. The summed E-state index contributed by atoms with van der Waals surface area (Å²) < 4.78 is 5.13. The number of benzene rings is 1. The highest BCUT2D eigenvalue weighted by atomic mass is 127. The van der Waals surface area contributed by atoms with E-state index in [2.05, 4.69) is 46.4 Å². The predicted octanol–water partition coefficient (Wildman–Crippen LogP) is 3.26. The van der Waals surface area contributed by atoms with Gasteiger partial charge >= 0.3 is 5.97 Å². The van der Waals surface area contributed by atoms with Crippen molar-refractivity contribution < 1.29 is 9.53 Å². The predicted molar refractivity (Wildman–Crippen MR) is 117 cm³/mol. The molecule has 0 spiro atoms. The minimum absolute atomic E-state index is 0. The molecule has 0 aliphatic carbocycles. The second-order valence-corrected chi connectivity index (χ2v) is 6.41. The summed E-state index contributed by atoms with van der Waals surface area (Å²) in [4.78, 5) is 18.5. The lowest BCUT2D eigenvalue weighted by Crippen LogP contribution is -2.47. The normalized spacial score (nSPS) is 15.3. The van der Waals surface area contributed by atoms with Gasteiger partial charge in [-0.2, -0.15) is 0 Å². The number of guanidine groups is 1. The molecule has 0 unspecified atom stereocenters. The molecule has 0 radical (unpaired) electrons. The number of esters is 1. The SMILES string of the molecule is CCOC(=O)C1CCN(C(=NC)NCCc2ccc(CC)cc2)CC1.I. The van der Waals surface area contributed by atoms with Crippen LogP contribution >= 0.6 is 24.0 Å². The van der Waals surface area contributed by atoms with E-state index < -0.39 is 0 Å². The van der Waals surface area contributed by atoms with Crippen LogP contribution in [0.25, 0.3) is 0 Å². The quantitative estimate of drug-likeness (QED) is 0.298. The first-order valence-corrected chi connectivity index (χ1v) is 9.38. The molecule has 6 heteroatoms. The van der Waals surface area contributed by atoms with Gasteiger partial charge in [0.25, 0.3) is 0 Å². The Balaban J connectivity index is 0.00000338. The van der Waals surface area contributed by atoms with Gasteiger partial charge in [-0.3, -0.25) is 9.79 Å². The van der Waals surface area contributed by atoms with Gasteiger partial charge in [-0.15, -0.1) is 24.0 Å². The van der Waals surface area contributed by atoms with Crippen LogP contribution < -0.4 is 5.32 Å². The average Bonchev–Trinajstić information content (AvgIpc) is 2.66. The monoisotopic (exact) mass is 473 g/mol. The lowest BCUT2D eigenvalue weighted by molar-refractivity contribution is -0.149. The zero-order chi connectivity index (χ0) is 18.1. The van der Waals surface area contributed by atoms with Crippen molar-refractivity contribution in [1.82, 2.24) is 10.2 Å². The number of likely N-dealkylation sites (tertiary alicyclic amines) is 1. The molecule has 1 aromatic rings. The van der Waals surface area contributed by atoms with Crippen LogP contribution in [0.2, 0.25) is 0 Å². The number of carbonyl (C=O) groups excluding carboxylic acids is 1. The standard InChI is InChI=1S/C20H31N3O2.HI/c1-4-16-6-8-17(9-7-16)10-13-22-20(21-3)23-14-11-18(12-15-23)19(24)25-5-2;/h6-9,18H,4-5,10-15H2,1-3H3,(H,21,22);1H. The van der Waals surface area contributed by atoms with Crippen molar-refractivity contribution in [1.29, 1.82) is 0 Å². The fourth-order valence-electron chi connectivity index (χ4n) is 3.18. The van der Waals surface area contributed by atoms with Gasteiger partial charge in [0, 0.05) is 26.7 Å². The number of aryl methyl sites for hydroxylation is 1. The van der Waals surface area contributed by atoms with E-state index in [1.165, 1.54) is 11.1 Å². The molecule has 2 rings (SSSR count). The molecule has 1 heterocycles. The first-order chi connectivity index (χ1) is 12.2. The molecular weight excluding hydrogens is 441 g/mol.